The third-order valence-corrected chi connectivity index (χ3v) is 7.31. The van der Waals surface area contributed by atoms with E-state index in [2.05, 4.69) is 0 Å². The summed E-state index contributed by atoms with van der Waals surface area (Å²) >= 11 is 0. The van der Waals surface area contributed by atoms with Crippen molar-refractivity contribution in [1.29, 1.82) is 0 Å². The molecular formula is C24H28N2O7. The van der Waals surface area contributed by atoms with Gasteiger partial charge in [0, 0.05) is 12.7 Å². The molecule has 1 N–H and O–H groups in total. The molecule has 9 nitrogen and oxygen atoms in total. The maximum atomic E-state index is 13.5. The molecule has 3 saturated heterocycles. The zero-order valence-corrected chi connectivity index (χ0v) is 19.1. The molecule has 3 heterocycles. The number of carbonyl (C=O) groups excluding carboxylic acids is 3. The van der Waals surface area contributed by atoms with Crippen LogP contribution in [-0.2, 0) is 23.9 Å². The molecule has 0 aromatic heterocycles. The summed E-state index contributed by atoms with van der Waals surface area (Å²) in [6, 6.07) is 6.26. The van der Waals surface area contributed by atoms with Crippen LogP contribution < -0.4 is 9.64 Å². The number of ether oxygens (including phenoxy) is 3. The number of hydrogen-bond acceptors (Lipinski definition) is 7. The Bertz CT molecular complexity index is 1050. The second-order valence-corrected chi connectivity index (χ2v) is 9.57. The molecule has 0 spiro atoms. The van der Waals surface area contributed by atoms with Gasteiger partial charge in [0.1, 0.15) is 17.9 Å². The van der Waals surface area contributed by atoms with E-state index < -0.39 is 41.3 Å². The average molecular weight is 456 g/mol. The van der Waals surface area contributed by atoms with Gasteiger partial charge in [-0.15, -0.1) is 0 Å². The number of hydrogen-bond donors (Lipinski definition) is 1. The van der Waals surface area contributed by atoms with E-state index in [0.29, 0.717) is 23.4 Å². The maximum absolute atomic E-state index is 13.5. The minimum absolute atomic E-state index is 0.158. The smallest absolute Gasteiger partial charge is 0.266 e. The van der Waals surface area contributed by atoms with Crippen molar-refractivity contribution in [2.45, 2.75) is 50.2 Å². The minimum atomic E-state index is -1.84. The molecule has 3 aliphatic heterocycles. The summed E-state index contributed by atoms with van der Waals surface area (Å²) in [7, 11) is 3.04. The Kier molecular flexibility index (Phi) is 4.93. The molecule has 3 fully saturated rings. The summed E-state index contributed by atoms with van der Waals surface area (Å²) in [4.78, 5) is 41.2. The van der Waals surface area contributed by atoms with Crippen LogP contribution in [0.15, 0.2) is 35.9 Å². The zero-order valence-electron chi connectivity index (χ0n) is 19.1. The first kappa shape index (κ1) is 22.1. The van der Waals surface area contributed by atoms with Crippen LogP contribution in [0.5, 0.6) is 5.75 Å². The Balaban J connectivity index is 1.50. The molecule has 0 radical (unpaired) electrons. The first-order valence-corrected chi connectivity index (χ1v) is 11.1. The van der Waals surface area contributed by atoms with Crippen LogP contribution in [0.4, 0.5) is 5.69 Å². The van der Waals surface area contributed by atoms with E-state index in [-0.39, 0.29) is 24.8 Å². The highest BCUT2D eigenvalue weighted by Crippen LogP contribution is 2.50. The Morgan fingerprint density at radius 2 is 1.76 bits per heavy atom. The van der Waals surface area contributed by atoms with E-state index in [9.17, 15) is 19.5 Å². The largest absolute Gasteiger partial charge is 0.497 e. The fraction of sp³-hybridized carbons (Fsp3) is 0.542. The van der Waals surface area contributed by atoms with Crippen LogP contribution in [-0.4, -0.2) is 72.0 Å². The van der Waals surface area contributed by atoms with Crippen molar-refractivity contribution in [3.05, 3.63) is 35.9 Å². The van der Waals surface area contributed by atoms with Gasteiger partial charge in [-0.25, -0.2) is 0 Å². The number of nitrogens with zero attached hydrogens (tertiary/aromatic N) is 2. The second-order valence-electron chi connectivity index (χ2n) is 9.57. The normalized spacial score (nSPS) is 35.4. The molecular weight excluding hydrogens is 428 g/mol. The average Bonchev–Trinajstić information content (AvgIpc) is 3.27. The number of anilines is 1. The molecule has 4 aliphatic rings. The van der Waals surface area contributed by atoms with Crippen molar-refractivity contribution in [3.63, 3.8) is 0 Å². The number of benzene rings is 1. The molecule has 1 aromatic rings. The third kappa shape index (κ3) is 3.13. The van der Waals surface area contributed by atoms with E-state index >= 15 is 0 Å². The van der Waals surface area contributed by atoms with Crippen molar-refractivity contribution >= 4 is 23.4 Å². The van der Waals surface area contributed by atoms with Crippen molar-refractivity contribution < 1.29 is 33.7 Å². The van der Waals surface area contributed by atoms with Gasteiger partial charge in [-0.3, -0.25) is 24.2 Å². The molecule has 176 valence electrons. The van der Waals surface area contributed by atoms with Gasteiger partial charge in [-0.1, -0.05) is 6.08 Å². The number of allylic oxidation sites excluding steroid dienone is 1. The van der Waals surface area contributed by atoms with Gasteiger partial charge in [-0.2, -0.15) is 0 Å². The highest BCUT2D eigenvalue weighted by atomic mass is 16.7. The minimum Gasteiger partial charge on any atom is -0.497 e. The van der Waals surface area contributed by atoms with Gasteiger partial charge < -0.3 is 19.3 Å². The van der Waals surface area contributed by atoms with Gasteiger partial charge in [-0.05, 0) is 56.5 Å². The molecule has 3 amide bonds. The monoisotopic (exact) mass is 456 g/mol. The van der Waals surface area contributed by atoms with Crippen LogP contribution >= 0.6 is 0 Å². The topological polar surface area (TPSA) is 106 Å². The number of carbonyl (C=O) groups is 3. The first-order valence-electron chi connectivity index (χ1n) is 11.1. The number of imide groups is 1. The van der Waals surface area contributed by atoms with E-state index in [1.54, 1.807) is 51.3 Å². The zero-order chi connectivity index (χ0) is 23.7. The van der Waals surface area contributed by atoms with Crippen molar-refractivity contribution in [1.82, 2.24) is 4.90 Å². The van der Waals surface area contributed by atoms with Crippen LogP contribution in [0.1, 0.15) is 26.7 Å². The van der Waals surface area contributed by atoms with E-state index in [4.69, 9.17) is 14.2 Å². The number of methoxy groups -OCH3 is 1. The lowest BCUT2D eigenvalue weighted by Gasteiger charge is -2.56. The van der Waals surface area contributed by atoms with Crippen LogP contribution in [0.25, 0.3) is 0 Å². The number of fused-ring (bicyclic) bond motifs is 1. The summed E-state index contributed by atoms with van der Waals surface area (Å²) in [5, 5.41) is 11.8. The quantitative estimate of drug-likeness (QED) is 0.413. The summed E-state index contributed by atoms with van der Waals surface area (Å²) in [6.07, 6.45) is 1.65. The summed E-state index contributed by atoms with van der Waals surface area (Å²) in [5.74, 6) is -2.17. The standard InChI is InChI=1S/C24H28N2O7/c1-23(2)32-12-18(33-23)19-24(30,22(29)26(19)14-6-8-15(31-4)9-7-14)13-5-10-16-17(11-13)21(28)25(3)20(16)27/h5-9,16-19,30H,10-12H2,1-4H3/t16-,17+,18+,19-,24+/m0/s1. The highest BCUT2D eigenvalue weighted by molar-refractivity contribution is 6.11. The van der Waals surface area contributed by atoms with Gasteiger partial charge in [0.05, 0.1) is 25.6 Å². The van der Waals surface area contributed by atoms with E-state index in [1.807, 2.05) is 0 Å². The maximum Gasteiger partial charge on any atom is 0.266 e. The van der Waals surface area contributed by atoms with Crippen molar-refractivity contribution in [3.8, 4) is 5.75 Å². The van der Waals surface area contributed by atoms with Gasteiger partial charge in [0.15, 0.2) is 11.4 Å². The van der Waals surface area contributed by atoms with Crippen LogP contribution in [0.3, 0.4) is 0 Å². The molecule has 5 rings (SSSR count). The Morgan fingerprint density at radius 3 is 2.36 bits per heavy atom. The lowest BCUT2D eigenvalue weighted by Crippen LogP contribution is -2.79. The number of likely N-dealkylation sites (tertiary alicyclic amines) is 1. The number of aliphatic hydroxyl groups is 1. The molecule has 9 heteroatoms. The SMILES string of the molecule is COc1ccc(N2C(=O)[C@@](O)(C3=CC[C@@H]4C(=O)N(C)C(=O)[C@@H]4C3)[C@@H]2[C@H]2COC(C)(C)O2)cc1. The van der Waals surface area contributed by atoms with Gasteiger partial charge >= 0.3 is 0 Å². The van der Waals surface area contributed by atoms with Crippen molar-refractivity contribution in [2.75, 3.05) is 25.7 Å². The third-order valence-electron chi connectivity index (χ3n) is 7.31. The number of amides is 3. The number of β-lactam (4-membered cyclic amide) rings is 1. The summed E-state index contributed by atoms with van der Waals surface area (Å²) in [6.45, 7) is 3.78. The predicted molar refractivity (Wildman–Crippen MR) is 116 cm³/mol. The lowest BCUT2D eigenvalue weighted by atomic mass is 9.67. The summed E-state index contributed by atoms with van der Waals surface area (Å²) in [5.41, 5.74) is -0.776. The van der Waals surface area contributed by atoms with E-state index in [1.165, 1.54) is 11.9 Å². The molecule has 0 unspecified atom stereocenters. The molecule has 1 aromatic carbocycles. The lowest BCUT2D eigenvalue weighted by molar-refractivity contribution is -0.169. The molecule has 5 atom stereocenters. The Labute approximate surface area is 191 Å². The predicted octanol–water partition coefficient (Wildman–Crippen LogP) is 1.24. The van der Waals surface area contributed by atoms with Gasteiger partial charge in [0.2, 0.25) is 11.8 Å². The Morgan fingerprint density at radius 1 is 1.09 bits per heavy atom. The molecule has 0 bridgehead atoms. The van der Waals surface area contributed by atoms with Crippen molar-refractivity contribution in [2.24, 2.45) is 11.8 Å². The molecule has 1 aliphatic carbocycles. The van der Waals surface area contributed by atoms with Crippen LogP contribution in [0, 0.1) is 11.8 Å². The first-order chi connectivity index (χ1) is 15.6. The fourth-order valence-electron chi connectivity index (χ4n) is 5.56. The Hall–Kier alpha value is -2.75. The molecule has 33 heavy (non-hydrogen) atoms. The highest BCUT2D eigenvalue weighted by Gasteiger charge is 2.67. The van der Waals surface area contributed by atoms with Crippen LogP contribution in [0.2, 0.25) is 0 Å². The number of rotatable bonds is 4. The fourth-order valence-corrected chi connectivity index (χ4v) is 5.56. The summed E-state index contributed by atoms with van der Waals surface area (Å²) < 4.78 is 17.0. The molecule has 0 saturated carbocycles. The second kappa shape index (κ2) is 7.38. The van der Waals surface area contributed by atoms with Gasteiger partial charge in [0.25, 0.3) is 5.91 Å². The van der Waals surface area contributed by atoms with E-state index in [0.717, 1.165) is 4.90 Å².